The van der Waals surface area contributed by atoms with Crippen LogP contribution in [0.15, 0.2) is 23.2 Å². The van der Waals surface area contributed by atoms with E-state index in [9.17, 15) is 13.2 Å². The van der Waals surface area contributed by atoms with E-state index in [1.54, 1.807) is 20.9 Å². The largest absolute Gasteiger partial charge is 0.478 e. The third kappa shape index (κ3) is 3.10. The van der Waals surface area contributed by atoms with Crippen molar-refractivity contribution in [3.05, 3.63) is 40.7 Å². The van der Waals surface area contributed by atoms with E-state index in [1.165, 1.54) is 23.0 Å². The molecular weight excluding hydrogens is 294 g/mol. The van der Waals surface area contributed by atoms with Crippen LogP contribution in [0.4, 0.5) is 0 Å². The van der Waals surface area contributed by atoms with Crippen LogP contribution in [0.2, 0.25) is 0 Å². The summed E-state index contributed by atoms with van der Waals surface area (Å²) in [5.41, 5.74) is 1.43. The highest BCUT2D eigenvalue weighted by Crippen LogP contribution is 2.24. The molecule has 1 N–H and O–H groups in total. The van der Waals surface area contributed by atoms with Crippen molar-refractivity contribution in [1.82, 2.24) is 15.0 Å². The second-order valence-corrected chi connectivity index (χ2v) is 6.82. The zero-order valence-electron chi connectivity index (χ0n) is 11.9. The van der Waals surface area contributed by atoms with Crippen molar-refractivity contribution in [2.45, 2.75) is 24.5 Å². The summed E-state index contributed by atoms with van der Waals surface area (Å²) in [6, 6.07) is 2.65. The van der Waals surface area contributed by atoms with E-state index < -0.39 is 15.8 Å². The highest BCUT2D eigenvalue weighted by molar-refractivity contribution is 7.90. The molecule has 0 saturated carbocycles. The molecule has 8 heteroatoms. The molecule has 112 valence electrons. The molecule has 1 heterocycles. The van der Waals surface area contributed by atoms with Gasteiger partial charge in [-0.05, 0) is 37.1 Å². The Morgan fingerprint density at radius 2 is 2.00 bits per heavy atom. The number of hydrogen-bond acceptors (Lipinski definition) is 5. The van der Waals surface area contributed by atoms with E-state index in [0.717, 1.165) is 0 Å². The summed E-state index contributed by atoms with van der Waals surface area (Å²) < 4.78 is 26.4. The Balaban J connectivity index is 2.51. The molecule has 0 spiro atoms. The molecule has 0 bridgehead atoms. The normalized spacial score (nSPS) is 11.6. The van der Waals surface area contributed by atoms with Gasteiger partial charge in [0.1, 0.15) is 5.75 Å². The van der Waals surface area contributed by atoms with E-state index in [-0.39, 0.29) is 16.2 Å². The van der Waals surface area contributed by atoms with Crippen molar-refractivity contribution in [2.24, 2.45) is 7.05 Å². The van der Waals surface area contributed by atoms with E-state index in [4.69, 9.17) is 5.11 Å². The van der Waals surface area contributed by atoms with Gasteiger partial charge >= 0.3 is 5.97 Å². The van der Waals surface area contributed by atoms with Gasteiger partial charge in [-0.2, -0.15) is 0 Å². The molecule has 0 amide bonds. The van der Waals surface area contributed by atoms with Crippen LogP contribution in [0.3, 0.4) is 0 Å². The first kappa shape index (κ1) is 15.2. The van der Waals surface area contributed by atoms with Crippen molar-refractivity contribution in [3.63, 3.8) is 0 Å². The van der Waals surface area contributed by atoms with Gasteiger partial charge < -0.3 is 5.11 Å². The molecular formula is C13H15N3O4S. The van der Waals surface area contributed by atoms with Crippen LogP contribution in [0.1, 0.15) is 27.2 Å². The molecule has 2 aromatic rings. The van der Waals surface area contributed by atoms with E-state index in [1.807, 2.05) is 0 Å². The molecule has 1 aromatic carbocycles. The van der Waals surface area contributed by atoms with E-state index >= 15 is 0 Å². The predicted molar refractivity (Wildman–Crippen MR) is 74.8 cm³/mol. The predicted octanol–water partition coefficient (Wildman–Crippen LogP) is 1.10. The minimum absolute atomic E-state index is 0.0190. The monoisotopic (exact) mass is 309 g/mol. The van der Waals surface area contributed by atoms with Crippen LogP contribution >= 0.6 is 0 Å². The average molecular weight is 309 g/mol. The number of nitrogens with zero attached hydrogens (tertiary/aromatic N) is 3. The van der Waals surface area contributed by atoms with E-state index in [2.05, 4.69) is 10.3 Å². The Bertz CT molecular complexity index is 809. The van der Waals surface area contributed by atoms with Crippen LogP contribution in [0.5, 0.6) is 0 Å². The zero-order valence-corrected chi connectivity index (χ0v) is 12.7. The molecule has 0 atom stereocenters. The number of aryl methyl sites for hydroxylation is 2. The topological polar surface area (TPSA) is 102 Å². The Morgan fingerprint density at radius 3 is 2.52 bits per heavy atom. The first-order valence-electron chi connectivity index (χ1n) is 6.13. The lowest BCUT2D eigenvalue weighted by Crippen LogP contribution is -2.10. The summed E-state index contributed by atoms with van der Waals surface area (Å²) in [6.45, 7) is 3.34. The first-order valence-corrected chi connectivity index (χ1v) is 7.78. The van der Waals surface area contributed by atoms with Gasteiger partial charge in [-0.25, -0.2) is 13.2 Å². The Labute approximate surface area is 122 Å². The zero-order chi connectivity index (χ0) is 15.8. The minimum atomic E-state index is -3.69. The maximum Gasteiger partial charge on any atom is 0.335 e. The summed E-state index contributed by atoms with van der Waals surface area (Å²) in [5, 5.41) is 16.5. The average Bonchev–Trinajstić information content (AvgIpc) is 2.76. The lowest BCUT2D eigenvalue weighted by Gasteiger charge is -2.10. The molecule has 0 saturated heterocycles. The fourth-order valence-corrected chi connectivity index (χ4v) is 3.62. The van der Waals surface area contributed by atoms with Gasteiger partial charge in [0.2, 0.25) is 0 Å². The number of carboxylic acids is 1. The van der Waals surface area contributed by atoms with Crippen LogP contribution in [0.25, 0.3) is 0 Å². The Kier molecular flexibility index (Phi) is 3.82. The minimum Gasteiger partial charge on any atom is -0.478 e. The molecule has 0 aliphatic heterocycles. The van der Waals surface area contributed by atoms with Gasteiger partial charge in [-0.3, -0.25) is 4.68 Å². The van der Waals surface area contributed by atoms with Crippen LogP contribution in [0, 0.1) is 13.8 Å². The quantitative estimate of drug-likeness (QED) is 0.907. The summed E-state index contributed by atoms with van der Waals surface area (Å²) in [6.07, 6.45) is 1.51. The number of benzene rings is 1. The van der Waals surface area contributed by atoms with Crippen LogP contribution in [-0.4, -0.2) is 34.5 Å². The molecule has 0 radical (unpaired) electrons. The number of rotatable bonds is 4. The summed E-state index contributed by atoms with van der Waals surface area (Å²) in [5.74, 6) is -1.47. The highest BCUT2D eigenvalue weighted by Gasteiger charge is 2.22. The third-order valence-electron chi connectivity index (χ3n) is 3.19. The maximum absolute atomic E-state index is 12.5. The van der Waals surface area contributed by atoms with E-state index in [0.29, 0.717) is 16.8 Å². The van der Waals surface area contributed by atoms with Crippen molar-refractivity contribution in [2.75, 3.05) is 0 Å². The molecule has 7 nitrogen and oxygen atoms in total. The molecule has 1 aromatic heterocycles. The van der Waals surface area contributed by atoms with Gasteiger partial charge in [0.05, 0.1) is 16.2 Å². The summed E-state index contributed by atoms with van der Waals surface area (Å²) in [4.78, 5) is 11.1. The number of carbonyl (C=O) groups is 1. The van der Waals surface area contributed by atoms with Crippen molar-refractivity contribution < 1.29 is 18.3 Å². The van der Waals surface area contributed by atoms with Gasteiger partial charge in [-0.15, -0.1) is 5.10 Å². The second-order valence-electron chi connectivity index (χ2n) is 4.86. The van der Waals surface area contributed by atoms with Crippen molar-refractivity contribution in [1.29, 1.82) is 0 Å². The highest BCUT2D eigenvalue weighted by atomic mass is 32.2. The van der Waals surface area contributed by atoms with Crippen LogP contribution < -0.4 is 0 Å². The Morgan fingerprint density at radius 1 is 1.33 bits per heavy atom. The second kappa shape index (κ2) is 5.28. The first-order chi connectivity index (χ1) is 9.70. The van der Waals surface area contributed by atoms with Crippen molar-refractivity contribution >= 4 is 15.8 Å². The molecule has 0 unspecified atom stereocenters. The summed E-state index contributed by atoms with van der Waals surface area (Å²) >= 11 is 0. The fraction of sp³-hybridized carbons (Fsp3) is 0.308. The number of hydrogen-bond donors (Lipinski definition) is 1. The number of aromatic nitrogens is 3. The number of sulfone groups is 1. The molecule has 0 fully saturated rings. The maximum atomic E-state index is 12.5. The smallest absolute Gasteiger partial charge is 0.335 e. The van der Waals surface area contributed by atoms with Gasteiger partial charge in [-0.1, -0.05) is 5.21 Å². The van der Waals surface area contributed by atoms with Gasteiger partial charge in [0.15, 0.2) is 9.84 Å². The molecule has 0 aliphatic rings. The lowest BCUT2D eigenvalue weighted by molar-refractivity contribution is 0.0696. The number of carboxylic acid groups (broad SMARTS) is 1. The van der Waals surface area contributed by atoms with Gasteiger partial charge in [0.25, 0.3) is 0 Å². The molecule has 21 heavy (non-hydrogen) atoms. The fourth-order valence-electron chi connectivity index (χ4n) is 2.01. The van der Waals surface area contributed by atoms with Crippen LogP contribution in [-0.2, 0) is 22.6 Å². The third-order valence-corrected chi connectivity index (χ3v) is 4.96. The SMILES string of the molecule is Cc1cc(C(=O)O)cc(S(=O)(=O)Cc2cn(C)nn2)c1C. The van der Waals surface area contributed by atoms with Crippen molar-refractivity contribution in [3.8, 4) is 0 Å². The molecule has 2 rings (SSSR count). The van der Waals surface area contributed by atoms with Gasteiger partial charge in [0, 0.05) is 13.2 Å². The Hall–Kier alpha value is -2.22. The summed E-state index contributed by atoms with van der Waals surface area (Å²) in [7, 11) is -2.05. The molecule has 0 aliphatic carbocycles. The lowest BCUT2D eigenvalue weighted by atomic mass is 10.1. The number of aromatic carboxylic acids is 1. The standard InChI is InChI=1S/C13H15N3O4S/c1-8-4-10(13(17)18)5-12(9(8)2)21(19,20)7-11-6-16(3)15-14-11/h4-6H,7H2,1-3H3,(H,17,18).